The normalized spacial score (nSPS) is 10.8. The Kier molecular flexibility index (Phi) is 7.09. The fourth-order valence-corrected chi connectivity index (χ4v) is 3.07. The number of halogens is 3. The van der Waals surface area contributed by atoms with Gasteiger partial charge in [0.1, 0.15) is 12.4 Å². The number of hydrogen-bond acceptors (Lipinski definition) is 3. The molecule has 3 aromatic rings. The molecule has 142 valence electrons. The lowest BCUT2D eigenvalue weighted by Gasteiger charge is -2.10. The fraction of sp³-hybridized carbons (Fsp3) is 0.0476. The predicted octanol–water partition coefficient (Wildman–Crippen LogP) is 6.10. The highest BCUT2D eigenvalue weighted by molar-refractivity contribution is 9.10. The van der Waals surface area contributed by atoms with Crippen molar-refractivity contribution < 1.29 is 9.53 Å². The summed E-state index contributed by atoms with van der Waals surface area (Å²) in [5.41, 5.74) is 4.57. The Morgan fingerprint density at radius 3 is 2.57 bits per heavy atom. The molecule has 1 N–H and O–H groups in total. The molecule has 0 aromatic heterocycles. The summed E-state index contributed by atoms with van der Waals surface area (Å²) in [4.78, 5) is 12.1. The van der Waals surface area contributed by atoms with Crippen LogP contribution in [-0.2, 0) is 6.61 Å². The molecular weight excluding hydrogens is 463 g/mol. The first-order valence-corrected chi connectivity index (χ1v) is 9.82. The van der Waals surface area contributed by atoms with Gasteiger partial charge in [-0.1, -0.05) is 57.3 Å². The van der Waals surface area contributed by atoms with Crippen molar-refractivity contribution in [2.24, 2.45) is 5.10 Å². The largest absolute Gasteiger partial charge is 0.488 e. The lowest BCUT2D eigenvalue weighted by Crippen LogP contribution is -2.17. The van der Waals surface area contributed by atoms with Crippen LogP contribution in [0.2, 0.25) is 10.0 Å². The summed E-state index contributed by atoms with van der Waals surface area (Å²) in [5, 5.41) is 5.14. The molecule has 3 aromatic carbocycles. The van der Waals surface area contributed by atoms with Gasteiger partial charge in [0, 0.05) is 31.2 Å². The van der Waals surface area contributed by atoms with Crippen LogP contribution in [0.3, 0.4) is 0 Å². The number of nitrogens with one attached hydrogen (secondary N) is 1. The molecule has 0 aliphatic rings. The lowest BCUT2D eigenvalue weighted by atomic mass is 10.2. The van der Waals surface area contributed by atoms with Gasteiger partial charge in [0.2, 0.25) is 0 Å². The van der Waals surface area contributed by atoms with E-state index < -0.39 is 0 Å². The third kappa shape index (κ3) is 5.58. The van der Waals surface area contributed by atoms with Crippen molar-refractivity contribution in [1.29, 1.82) is 0 Å². The molecule has 0 heterocycles. The highest BCUT2D eigenvalue weighted by Crippen LogP contribution is 2.24. The average Bonchev–Trinajstić information content (AvgIpc) is 2.68. The van der Waals surface area contributed by atoms with Crippen molar-refractivity contribution in [1.82, 2.24) is 5.43 Å². The zero-order valence-electron chi connectivity index (χ0n) is 14.5. The van der Waals surface area contributed by atoms with E-state index >= 15 is 0 Å². The van der Waals surface area contributed by atoms with E-state index in [0.717, 1.165) is 15.6 Å². The summed E-state index contributed by atoms with van der Waals surface area (Å²) in [6.45, 7) is 0.284. The first-order chi connectivity index (χ1) is 13.5. The average molecular weight is 478 g/mol. The maximum absolute atomic E-state index is 12.1. The van der Waals surface area contributed by atoms with Gasteiger partial charge in [-0.25, -0.2) is 5.43 Å². The number of hydrazone groups is 1. The second-order valence-corrected chi connectivity index (χ2v) is 7.53. The lowest BCUT2D eigenvalue weighted by molar-refractivity contribution is 0.0955. The van der Waals surface area contributed by atoms with Gasteiger partial charge in [0.05, 0.1) is 6.21 Å². The van der Waals surface area contributed by atoms with E-state index in [1.165, 1.54) is 6.21 Å². The first kappa shape index (κ1) is 20.4. The number of para-hydroxylation sites is 1. The van der Waals surface area contributed by atoms with E-state index in [0.29, 0.717) is 21.4 Å². The molecule has 0 spiro atoms. The zero-order chi connectivity index (χ0) is 19.9. The van der Waals surface area contributed by atoms with Crippen LogP contribution in [0.15, 0.2) is 76.3 Å². The second-order valence-electron chi connectivity index (χ2n) is 5.77. The molecule has 0 saturated heterocycles. The van der Waals surface area contributed by atoms with Crippen molar-refractivity contribution in [3.63, 3.8) is 0 Å². The topological polar surface area (TPSA) is 50.7 Å². The molecule has 7 heteroatoms. The summed E-state index contributed by atoms with van der Waals surface area (Å²) in [6, 6.07) is 19.6. The maximum atomic E-state index is 12.1. The van der Waals surface area contributed by atoms with E-state index in [-0.39, 0.29) is 12.5 Å². The Bertz CT molecular complexity index is 1010. The van der Waals surface area contributed by atoms with Gasteiger partial charge in [-0.05, 0) is 48.5 Å². The standard InChI is InChI=1S/C21H15BrCl2N2O2/c22-17-8-5-14(6-9-17)21(27)26-25-12-15-3-1-2-4-20(15)28-13-16-7-10-18(23)11-19(16)24/h1-12H,13H2,(H,26,27)/b25-12-. The quantitative estimate of drug-likeness (QED) is 0.344. The summed E-state index contributed by atoms with van der Waals surface area (Å²) in [6.07, 6.45) is 1.54. The molecular formula is C21H15BrCl2N2O2. The Labute approximate surface area is 181 Å². The number of carbonyl (C=O) groups is 1. The van der Waals surface area contributed by atoms with Crippen LogP contribution in [0.25, 0.3) is 0 Å². The van der Waals surface area contributed by atoms with Crippen molar-refractivity contribution in [3.8, 4) is 5.75 Å². The van der Waals surface area contributed by atoms with Crippen molar-refractivity contribution in [2.45, 2.75) is 6.61 Å². The van der Waals surface area contributed by atoms with E-state index in [1.54, 1.807) is 36.4 Å². The van der Waals surface area contributed by atoms with Crippen molar-refractivity contribution >= 4 is 51.3 Å². The van der Waals surface area contributed by atoms with Crippen LogP contribution < -0.4 is 10.2 Å². The monoisotopic (exact) mass is 476 g/mol. The molecule has 0 unspecified atom stereocenters. The van der Waals surface area contributed by atoms with Gasteiger partial charge < -0.3 is 4.74 Å². The molecule has 0 atom stereocenters. The molecule has 3 rings (SSSR count). The molecule has 0 bridgehead atoms. The number of nitrogens with zero attached hydrogens (tertiary/aromatic N) is 1. The van der Waals surface area contributed by atoms with Crippen LogP contribution in [0.1, 0.15) is 21.5 Å². The number of carbonyl (C=O) groups excluding carboxylic acids is 1. The molecule has 0 aliphatic heterocycles. The van der Waals surface area contributed by atoms with Gasteiger partial charge in [-0.15, -0.1) is 0 Å². The van der Waals surface area contributed by atoms with Crippen LogP contribution in [-0.4, -0.2) is 12.1 Å². The maximum Gasteiger partial charge on any atom is 0.271 e. The minimum atomic E-state index is -0.296. The second kappa shape index (κ2) is 9.73. The first-order valence-electron chi connectivity index (χ1n) is 8.27. The molecule has 28 heavy (non-hydrogen) atoms. The predicted molar refractivity (Wildman–Crippen MR) is 116 cm³/mol. The van der Waals surface area contributed by atoms with Crippen LogP contribution in [0, 0.1) is 0 Å². The van der Waals surface area contributed by atoms with Crippen LogP contribution in [0.5, 0.6) is 5.75 Å². The van der Waals surface area contributed by atoms with Gasteiger partial charge in [-0.2, -0.15) is 5.10 Å². The number of benzene rings is 3. The Balaban J connectivity index is 1.65. The highest BCUT2D eigenvalue weighted by Gasteiger charge is 2.06. The Hall–Kier alpha value is -2.34. The van der Waals surface area contributed by atoms with Crippen LogP contribution in [0.4, 0.5) is 0 Å². The molecule has 0 fully saturated rings. The third-order valence-electron chi connectivity index (χ3n) is 3.79. The Morgan fingerprint density at radius 1 is 1.07 bits per heavy atom. The number of hydrogen-bond donors (Lipinski definition) is 1. The summed E-state index contributed by atoms with van der Waals surface area (Å²) in [7, 11) is 0. The van der Waals surface area contributed by atoms with E-state index in [1.807, 2.05) is 30.3 Å². The number of ether oxygens (including phenoxy) is 1. The Morgan fingerprint density at radius 2 is 1.82 bits per heavy atom. The van der Waals surface area contributed by atoms with Crippen molar-refractivity contribution in [2.75, 3.05) is 0 Å². The van der Waals surface area contributed by atoms with Gasteiger partial charge in [0.15, 0.2) is 0 Å². The van der Waals surface area contributed by atoms with Gasteiger partial charge in [-0.3, -0.25) is 4.79 Å². The number of rotatable bonds is 6. The smallest absolute Gasteiger partial charge is 0.271 e. The fourth-order valence-electron chi connectivity index (χ4n) is 2.34. The summed E-state index contributed by atoms with van der Waals surface area (Å²) >= 11 is 15.4. The minimum absolute atomic E-state index is 0.284. The number of amides is 1. The van der Waals surface area contributed by atoms with E-state index in [4.69, 9.17) is 27.9 Å². The zero-order valence-corrected chi connectivity index (χ0v) is 17.6. The van der Waals surface area contributed by atoms with E-state index in [9.17, 15) is 4.79 Å². The highest BCUT2D eigenvalue weighted by atomic mass is 79.9. The van der Waals surface area contributed by atoms with Gasteiger partial charge >= 0.3 is 0 Å². The molecule has 4 nitrogen and oxygen atoms in total. The van der Waals surface area contributed by atoms with Crippen LogP contribution >= 0.6 is 39.1 Å². The molecule has 0 aliphatic carbocycles. The molecule has 1 amide bonds. The molecule has 0 saturated carbocycles. The van der Waals surface area contributed by atoms with Gasteiger partial charge in [0.25, 0.3) is 5.91 Å². The minimum Gasteiger partial charge on any atom is -0.488 e. The SMILES string of the molecule is O=C(N/N=C\c1ccccc1OCc1ccc(Cl)cc1Cl)c1ccc(Br)cc1. The van der Waals surface area contributed by atoms with Crippen molar-refractivity contribution in [3.05, 3.63) is 97.9 Å². The summed E-state index contributed by atoms with van der Waals surface area (Å²) in [5.74, 6) is 0.324. The summed E-state index contributed by atoms with van der Waals surface area (Å²) < 4.78 is 6.76. The molecule has 0 radical (unpaired) electrons. The third-order valence-corrected chi connectivity index (χ3v) is 4.91. The van der Waals surface area contributed by atoms with E-state index in [2.05, 4.69) is 26.5 Å².